The number of aryl methyl sites for hydroxylation is 1. The zero-order valence-corrected chi connectivity index (χ0v) is 30.7. The fourth-order valence-electron chi connectivity index (χ4n) is 6.75. The summed E-state index contributed by atoms with van der Waals surface area (Å²) in [6.07, 6.45) is -0.968. The largest absolute Gasteiger partial charge is 0.695 e. The van der Waals surface area contributed by atoms with Crippen molar-refractivity contribution < 1.29 is 47.0 Å². The number of aliphatic hydroxyl groups is 1. The minimum atomic E-state index is -3.87. The van der Waals surface area contributed by atoms with E-state index in [1.54, 1.807) is 72.5 Å². The van der Waals surface area contributed by atoms with Gasteiger partial charge in [-0.3, -0.25) is 18.7 Å². The van der Waals surface area contributed by atoms with Gasteiger partial charge in [-0.2, -0.15) is 0 Å². The normalized spacial score (nSPS) is 27.3. The van der Waals surface area contributed by atoms with Crippen LogP contribution in [0.1, 0.15) is 42.5 Å². The second-order valence-electron chi connectivity index (χ2n) is 13.0. The number of carbonyl (C=O) groups excluding carboxylic acids is 1. The van der Waals surface area contributed by atoms with Gasteiger partial charge in [-0.05, 0) is 25.1 Å². The van der Waals surface area contributed by atoms with Crippen molar-refractivity contribution in [1.29, 1.82) is 0 Å². The third-order valence-corrected chi connectivity index (χ3v) is 11.1. The molecule has 21 heteroatoms. The van der Waals surface area contributed by atoms with Crippen LogP contribution in [-0.2, 0) is 32.2 Å². The van der Waals surface area contributed by atoms with Gasteiger partial charge >= 0.3 is 15.9 Å². The van der Waals surface area contributed by atoms with Crippen molar-refractivity contribution in [2.24, 2.45) is 11.8 Å². The van der Waals surface area contributed by atoms with E-state index < -0.39 is 71.2 Å². The Bertz CT molecular complexity index is 2270. The predicted molar refractivity (Wildman–Crippen MR) is 187 cm³/mol. The summed E-state index contributed by atoms with van der Waals surface area (Å²) in [5.74, 6) is -0.873. The molecule has 53 heavy (non-hydrogen) atoms. The van der Waals surface area contributed by atoms with Crippen LogP contribution in [-0.4, -0.2) is 94.3 Å². The summed E-state index contributed by atoms with van der Waals surface area (Å²) in [6, 6.07) is 10.2. The molecular formula is C32H37N8O11P2+. The first-order chi connectivity index (χ1) is 25.3. The topological polar surface area (TPSA) is 244 Å². The average molecular weight is 772 g/mol. The highest BCUT2D eigenvalue weighted by molar-refractivity contribution is 7.53. The van der Waals surface area contributed by atoms with Crippen molar-refractivity contribution >= 4 is 49.8 Å². The van der Waals surface area contributed by atoms with Crippen LogP contribution >= 0.6 is 15.9 Å². The Morgan fingerprint density at radius 3 is 2.53 bits per heavy atom. The average Bonchev–Trinajstić information content (AvgIpc) is 3.89. The second-order valence-corrected chi connectivity index (χ2v) is 15.7. The van der Waals surface area contributed by atoms with Crippen LogP contribution in [0.5, 0.6) is 0 Å². The quantitative estimate of drug-likeness (QED) is 0.133. The molecule has 5 aromatic rings. The van der Waals surface area contributed by atoms with Gasteiger partial charge in [0.15, 0.2) is 29.3 Å². The molecule has 7 rings (SSSR count). The second kappa shape index (κ2) is 14.9. The number of aromatic nitrogens is 7. The molecule has 2 fully saturated rings. The fourth-order valence-corrected chi connectivity index (χ4v) is 8.50. The Kier molecular flexibility index (Phi) is 10.4. The molecule has 2 aliphatic rings. The van der Waals surface area contributed by atoms with Crippen LogP contribution in [0.15, 0.2) is 60.0 Å². The maximum Gasteiger partial charge on any atom is 0.695 e. The number of carbonyl (C=O) groups is 1. The highest BCUT2D eigenvalue weighted by atomic mass is 31.2. The molecule has 2 saturated heterocycles. The Labute approximate surface area is 302 Å². The van der Waals surface area contributed by atoms with E-state index in [2.05, 4.69) is 30.2 Å². The number of amides is 1. The molecule has 0 aliphatic carbocycles. The first kappa shape index (κ1) is 37.0. The first-order valence-electron chi connectivity index (χ1n) is 16.6. The summed E-state index contributed by atoms with van der Waals surface area (Å²) in [4.78, 5) is 55.0. The van der Waals surface area contributed by atoms with Gasteiger partial charge in [0.1, 0.15) is 36.2 Å². The molecule has 0 saturated carbocycles. The van der Waals surface area contributed by atoms with Gasteiger partial charge in [0.25, 0.3) is 11.5 Å². The number of aliphatic hydroxyl groups excluding tert-OH is 1. The lowest BCUT2D eigenvalue weighted by molar-refractivity contribution is -0.0497. The molecule has 2 aliphatic heterocycles. The van der Waals surface area contributed by atoms with E-state index in [4.69, 9.17) is 23.0 Å². The van der Waals surface area contributed by atoms with Crippen molar-refractivity contribution in [3.05, 3.63) is 77.0 Å². The number of rotatable bonds is 12. The smallest absolute Gasteiger partial charge is 0.394 e. The molecule has 1 aromatic carbocycles. The first-order valence-corrected chi connectivity index (χ1v) is 19.7. The summed E-state index contributed by atoms with van der Waals surface area (Å²) < 4.78 is 58.5. The predicted octanol–water partition coefficient (Wildman–Crippen LogP) is 3.44. The van der Waals surface area contributed by atoms with Crippen molar-refractivity contribution in [3.8, 4) is 0 Å². The van der Waals surface area contributed by atoms with Crippen molar-refractivity contribution in [2.45, 2.75) is 57.6 Å². The third kappa shape index (κ3) is 7.32. The third-order valence-electron chi connectivity index (χ3n) is 9.40. The van der Waals surface area contributed by atoms with E-state index in [1.807, 2.05) is 0 Å². The Morgan fingerprint density at radius 1 is 1.04 bits per heavy atom. The minimum absolute atomic E-state index is 0.195. The molecule has 0 bridgehead atoms. The molecule has 4 unspecified atom stereocenters. The van der Waals surface area contributed by atoms with E-state index in [1.165, 1.54) is 19.3 Å². The zero-order valence-electron chi connectivity index (χ0n) is 28.9. The Balaban J connectivity index is 1.05. The number of hydrogen-bond acceptors (Lipinski definition) is 14. The number of anilines is 1. The van der Waals surface area contributed by atoms with E-state index >= 15 is 0 Å². The molecule has 0 radical (unpaired) electrons. The summed E-state index contributed by atoms with van der Waals surface area (Å²) in [7, 11) is -6.91. The van der Waals surface area contributed by atoms with Crippen molar-refractivity contribution in [1.82, 2.24) is 34.1 Å². The maximum absolute atomic E-state index is 13.8. The van der Waals surface area contributed by atoms with Gasteiger partial charge in [-0.1, -0.05) is 32.0 Å². The maximum atomic E-state index is 13.8. The number of fused-ring (bicyclic) bond motifs is 2. The lowest BCUT2D eigenvalue weighted by atomic mass is 10.0. The van der Waals surface area contributed by atoms with Gasteiger partial charge in [0.2, 0.25) is 0 Å². The fraction of sp³-hybridized carbons (Fsp3) is 0.438. The van der Waals surface area contributed by atoms with Crippen LogP contribution < -0.4 is 10.9 Å². The summed E-state index contributed by atoms with van der Waals surface area (Å²) in [6.45, 7) is 5.72. The summed E-state index contributed by atoms with van der Waals surface area (Å²) >= 11 is 0. The number of aromatic amines is 1. The number of nitrogens with zero attached hydrogens (tertiary/aromatic N) is 6. The Morgan fingerprint density at radius 2 is 1.79 bits per heavy atom. The lowest BCUT2D eigenvalue weighted by Gasteiger charge is -2.26. The molecule has 6 heterocycles. The van der Waals surface area contributed by atoms with Gasteiger partial charge < -0.3 is 38.5 Å². The Hall–Kier alpha value is -4.29. The van der Waals surface area contributed by atoms with E-state index in [0.29, 0.717) is 33.6 Å². The van der Waals surface area contributed by atoms with Gasteiger partial charge in [-0.15, -0.1) is 9.42 Å². The SMILES string of the molecule is Cc1nc2c(ccn2[C@@H]2O[C@H](COP(C)(=O)OC3[C@@H](CO)O[C@@H](n4cnc5c(NC(=O)c6ccccc6)ncnc54)[C@H]3C)[C@H](C)C2O[P+](=O)O)c(=O)[nH]1. The monoisotopic (exact) mass is 771 g/mol. The number of imidazole rings is 1. The molecule has 1 amide bonds. The van der Waals surface area contributed by atoms with Crippen molar-refractivity contribution in [3.63, 3.8) is 0 Å². The van der Waals surface area contributed by atoms with Crippen LogP contribution in [0.2, 0.25) is 0 Å². The van der Waals surface area contributed by atoms with Crippen LogP contribution in [0.4, 0.5) is 5.82 Å². The molecule has 0 spiro atoms. The molecule has 4 N–H and O–H groups in total. The van der Waals surface area contributed by atoms with Gasteiger partial charge in [0.05, 0.1) is 31.0 Å². The molecule has 280 valence electrons. The van der Waals surface area contributed by atoms with E-state index in [9.17, 15) is 28.7 Å². The van der Waals surface area contributed by atoms with E-state index in [0.717, 1.165) is 0 Å². The number of nitrogens with one attached hydrogen (secondary N) is 2. The highest BCUT2D eigenvalue weighted by Gasteiger charge is 2.50. The number of ether oxygens (including phenoxy) is 2. The molecule has 10 atom stereocenters. The summed E-state index contributed by atoms with van der Waals surface area (Å²) in [5, 5.41) is 13.3. The number of benzene rings is 1. The minimum Gasteiger partial charge on any atom is -0.394 e. The standard InChI is InChI=1S/C32H36N8O11P2/c1-16-22(49-32(25(16)50-52(44)45)39-11-10-20-27(39)36-18(3)37-30(20)43)13-47-53(4,46)51-24-17(2)31(48-21(24)12-41)40-15-35-23-26(33-14-34-28(23)40)38-29(42)19-8-6-5-7-9-19/h5-11,14-17,21-22,24-25,31-32,41H,12-13H2,1-4H3,(H2-,33,34,36,37,38,42,43,44,45)/p+1/t16-,17-,21+,22+,24?,25?,31+,32+,53?/m0/s1. The molecule has 4 aromatic heterocycles. The van der Waals surface area contributed by atoms with E-state index in [-0.39, 0.29) is 23.9 Å². The highest BCUT2D eigenvalue weighted by Crippen LogP contribution is 2.52. The molecular weight excluding hydrogens is 734 g/mol. The van der Waals surface area contributed by atoms with Gasteiger partial charge in [-0.25, -0.2) is 19.9 Å². The van der Waals surface area contributed by atoms with Gasteiger partial charge in [0, 0.05) is 34.8 Å². The lowest BCUT2D eigenvalue weighted by Crippen LogP contribution is -2.31. The number of hydrogen-bond donors (Lipinski definition) is 4. The van der Waals surface area contributed by atoms with Crippen LogP contribution in [0, 0.1) is 18.8 Å². The zero-order chi connectivity index (χ0) is 37.6. The van der Waals surface area contributed by atoms with Crippen LogP contribution in [0.3, 0.4) is 0 Å². The summed E-state index contributed by atoms with van der Waals surface area (Å²) in [5.41, 5.74) is 1.03. The number of H-pyrrole nitrogens is 1. The molecule has 19 nitrogen and oxygen atoms in total. The van der Waals surface area contributed by atoms with Crippen LogP contribution in [0.25, 0.3) is 22.2 Å². The van der Waals surface area contributed by atoms with Crippen molar-refractivity contribution in [2.75, 3.05) is 25.2 Å².